The molecule has 0 aromatic carbocycles. The molecule has 0 amide bonds. The van der Waals surface area contributed by atoms with Crippen molar-refractivity contribution in [3.05, 3.63) is 48.6 Å². The summed E-state index contributed by atoms with van der Waals surface area (Å²) in [6, 6.07) is 0.475. The minimum absolute atomic E-state index is 0.227. The monoisotopic (exact) mass is 639 g/mol. The van der Waals surface area contributed by atoms with Crippen LogP contribution in [0.2, 0.25) is 0 Å². The number of aliphatic carboxylic acids is 2. The first-order valence-corrected chi connectivity index (χ1v) is 18.9. The highest BCUT2D eigenvalue weighted by atomic mass is 16.4. The van der Waals surface area contributed by atoms with Crippen molar-refractivity contribution in [3.8, 4) is 0 Å². The number of carbonyl (C=O) groups is 2. The molecule has 2 aliphatic rings. The fraction of sp³-hybridized carbons (Fsp3) is 0.750. The number of hydrogen-bond acceptors (Lipinski definition) is 4. The Hall–Kier alpha value is -2.50. The van der Waals surface area contributed by atoms with Crippen molar-refractivity contribution in [2.75, 3.05) is 0 Å². The molecule has 6 atom stereocenters. The summed E-state index contributed by atoms with van der Waals surface area (Å²) in [5.74, 6) is 0.501. The SMILES string of the molecule is CCCCCCC=C[C@H]1CCC(N=NC2CC[C@H](CC=CCCCC(=O)O)[C@H]2C=CCCCCCC)[C@@H]1CC=CCCCC(=O)O. The van der Waals surface area contributed by atoms with Gasteiger partial charge in [-0.1, -0.05) is 101 Å². The highest BCUT2D eigenvalue weighted by molar-refractivity contribution is 5.66. The van der Waals surface area contributed by atoms with Crippen molar-refractivity contribution >= 4 is 11.9 Å². The molecule has 0 aliphatic heterocycles. The molecule has 260 valence electrons. The molecule has 46 heavy (non-hydrogen) atoms. The number of unbranched alkanes of at least 4 members (excludes halogenated alkanes) is 10. The van der Waals surface area contributed by atoms with Crippen LogP contribution < -0.4 is 0 Å². The zero-order valence-electron chi connectivity index (χ0n) is 29.2. The van der Waals surface area contributed by atoms with Crippen LogP contribution in [0.1, 0.15) is 155 Å². The molecule has 2 fully saturated rings. The van der Waals surface area contributed by atoms with E-state index in [9.17, 15) is 9.59 Å². The third-order valence-corrected chi connectivity index (χ3v) is 9.92. The summed E-state index contributed by atoms with van der Waals surface area (Å²) >= 11 is 0. The summed E-state index contributed by atoms with van der Waals surface area (Å²) in [4.78, 5) is 21.7. The van der Waals surface area contributed by atoms with E-state index in [-0.39, 0.29) is 24.9 Å². The molecule has 2 aliphatic carbocycles. The maximum absolute atomic E-state index is 10.9. The Morgan fingerprint density at radius 3 is 1.74 bits per heavy atom. The average Bonchev–Trinajstić information content (AvgIpc) is 3.61. The summed E-state index contributed by atoms with van der Waals surface area (Å²) in [6.45, 7) is 4.51. The van der Waals surface area contributed by atoms with Gasteiger partial charge in [-0.15, -0.1) is 0 Å². The van der Waals surface area contributed by atoms with Crippen molar-refractivity contribution in [3.63, 3.8) is 0 Å². The third-order valence-electron chi connectivity index (χ3n) is 9.92. The van der Waals surface area contributed by atoms with Crippen molar-refractivity contribution < 1.29 is 19.8 Å². The number of rotatable bonds is 26. The van der Waals surface area contributed by atoms with Gasteiger partial charge in [0.05, 0.1) is 12.1 Å². The number of azo groups is 1. The average molecular weight is 639 g/mol. The van der Waals surface area contributed by atoms with Crippen molar-refractivity contribution in [1.82, 2.24) is 0 Å². The molecule has 0 heterocycles. The standard InChI is InChI=1S/C40H66N2O4/c1-3-5-7-9-11-17-23-33-29-31-38(36(33)26-20-14-16-22-28-40(45)46)42-41-37-32-30-34(24-18-13-15-21-27-39(43)44)35(37)25-19-12-10-8-6-4-2/h13-14,17-20,23,25,33-38H,3-12,15-16,21-22,24,26-32H2,1-2H3,(H,43,44)(H,45,46)/t33-,34-,35+,36+,37?,38?/m0/s1. The zero-order chi connectivity index (χ0) is 33.2. The topological polar surface area (TPSA) is 99.3 Å². The molecular weight excluding hydrogens is 572 g/mol. The van der Waals surface area contributed by atoms with Crippen LogP contribution in [0.4, 0.5) is 0 Å². The predicted molar refractivity (Wildman–Crippen MR) is 191 cm³/mol. The van der Waals surface area contributed by atoms with E-state index in [1.807, 2.05) is 0 Å². The van der Waals surface area contributed by atoms with Crippen LogP contribution in [0.15, 0.2) is 58.8 Å². The summed E-state index contributed by atoms with van der Waals surface area (Å²) in [6.07, 6.45) is 41.1. The van der Waals surface area contributed by atoms with E-state index < -0.39 is 11.9 Å². The van der Waals surface area contributed by atoms with Gasteiger partial charge in [0.2, 0.25) is 0 Å². The maximum atomic E-state index is 10.9. The minimum Gasteiger partial charge on any atom is -0.481 e. The first kappa shape index (κ1) is 39.7. The normalized spacial score (nSPS) is 25.4. The summed E-state index contributed by atoms with van der Waals surface area (Å²) in [7, 11) is 0. The predicted octanol–water partition coefficient (Wildman–Crippen LogP) is 11.7. The van der Waals surface area contributed by atoms with Gasteiger partial charge in [-0.3, -0.25) is 9.59 Å². The molecule has 2 rings (SSSR count). The van der Waals surface area contributed by atoms with E-state index >= 15 is 0 Å². The van der Waals surface area contributed by atoms with Gasteiger partial charge in [-0.25, -0.2) is 0 Å². The molecule has 2 unspecified atom stereocenters. The van der Waals surface area contributed by atoms with Crippen molar-refractivity contribution in [1.29, 1.82) is 0 Å². The van der Waals surface area contributed by atoms with Gasteiger partial charge in [0.15, 0.2) is 0 Å². The smallest absolute Gasteiger partial charge is 0.303 e. The van der Waals surface area contributed by atoms with E-state index in [0.29, 0.717) is 36.5 Å². The van der Waals surface area contributed by atoms with E-state index in [2.05, 4.69) is 62.5 Å². The van der Waals surface area contributed by atoms with Crippen molar-refractivity contribution in [2.45, 2.75) is 167 Å². The molecular formula is C40H66N2O4. The molecule has 0 spiro atoms. The highest BCUT2D eigenvalue weighted by Gasteiger charge is 2.36. The van der Waals surface area contributed by atoms with Crippen molar-refractivity contribution in [2.24, 2.45) is 33.9 Å². The van der Waals surface area contributed by atoms with Crippen LogP contribution in [-0.2, 0) is 9.59 Å². The van der Waals surface area contributed by atoms with Crippen LogP contribution in [0.25, 0.3) is 0 Å². The van der Waals surface area contributed by atoms with Gasteiger partial charge in [-0.05, 0) is 108 Å². The summed E-state index contributed by atoms with van der Waals surface area (Å²) in [5, 5.41) is 28.1. The molecule has 0 radical (unpaired) electrons. The fourth-order valence-corrected chi connectivity index (χ4v) is 7.15. The first-order valence-electron chi connectivity index (χ1n) is 18.9. The van der Waals surface area contributed by atoms with Crippen LogP contribution in [0.3, 0.4) is 0 Å². The van der Waals surface area contributed by atoms with Gasteiger partial charge in [0, 0.05) is 18.8 Å². The van der Waals surface area contributed by atoms with Crippen LogP contribution in [0.5, 0.6) is 0 Å². The minimum atomic E-state index is -0.723. The van der Waals surface area contributed by atoms with Crippen LogP contribution in [0, 0.1) is 23.7 Å². The number of nitrogens with zero attached hydrogens (tertiary/aromatic N) is 2. The summed E-state index contributed by atoms with van der Waals surface area (Å²) < 4.78 is 0. The quantitative estimate of drug-likeness (QED) is 0.0559. The molecule has 0 saturated heterocycles. The van der Waals surface area contributed by atoms with Gasteiger partial charge >= 0.3 is 11.9 Å². The van der Waals surface area contributed by atoms with E-state index in [0.717, 1.165) is 64.2 Å². The van der Waals surface area contributed by atoms with Crippen LogP contribution >= 0.6 is 0 Å². The Bertz CT molecular complexity index is 968. The van der Waals surface area contributed by atoms with E-state index in [1.165, 1.54) is 51.4 Å². The Balaban J connectivity index is 2.07. The zero-order valence-corrected chi connectivity index (χ0v) is 29.2. The fourth-order valence-electron chi connectivity index (χ4n) is 7.15. The Morgan fingerprint density at radius 1 is 0.587 bits per heavy atom. The molecule has 0 aromatic heterocycles. The highest BCUT2D eigenvalue weighted by Crippen LogP contribution is 2.41. The molecule has 6 nitrogen and oxygen atoms in total. The van der Waals surface area contributed by atoms with Gasteiger partial charge in [-0.2, -0.15) is 10.2 Å². The second-order valence-electron chi connectivity index (χ2n) is 13.7. The molecule has 0 bridgehead atoms. The van der Waals surface area contributed by atoms with Gasteiger partial charge in [0.1, 0.15) is 0 Å². The van der Waals surface area contributed by atoms with E-state index in [4.69, 9.17) is 20.4 Å². The lowest BCUT2D eigenvalue weighted by Crippen LogP contribution is -2.18. The van der Waals surface area contributed by atoms with Gasteiger partial charge in [0.25, 0.3) is 0 Å². The Morgan fingerprint density at radius 2 is 1.13 bits per heavy atom. The largest absolute Gasteiger partial charge is 0.481 e. The molecule has 0 aromatic rings. The Kier molecular flexibility index (Phi) is 22.1. The number of carboxylic acid groups (broad SMARTS) is 2. The van der Waals surface area contributed by atoms with Crippen LogP contribution in [-0.4, -0.2) is 34.2 Å². The van der Waals surface area contributed by atoms with Gasteiger partial charge < -0.3 is 10.2 Å². The lowest BCUT2D eigenvalue weighted by Gasteiger charge is -2.21. The Labute approximate surface area is 281 Å². The number of allylic oxidation sites excluding steroid dienone is 7. The first-order chi connectivity index (χ1) is 22.5. The lowest BCUT2D eigenvalue weighted by atomic mass is 9.89. The molecule has 2 saturated carbocycles. The number of carboxylic acids is 2. The third kappa shape index (κ3) is 17.4. The number of hydrogen-bond donors (Lipinski definition) is 2. The molecule has 6 heteroatoms. The van der Waals surface area contributed by atoms with E-state index in [1.54, 1.807) is 0 Å². The second-order valence-corrected chi connectivity index (χ2v) is 13.7. The second kappa shape index (κ2) is 25.6. The maximum Gasteiger partial charge on any atom is 0.303 e. The summed E-state index contributed by atoms with van der Waals surface area (Å²) in [5.41, 5.74) is 0. The molecule has 2 N–H and O–H groups in total. The lowest BCUT2D eigenvalue weighted by molar-refractivity contribution is -0.138.